The summed E-state index contributed by atoms with van der Waals surface area (Å²) in [6, 6.07) is -0.463. The maximum Gasteiger partial charge on any atom is 0.327 e. The zero-order valence-corrected chi connectivity index (χ0v) is 10.2. The van der Waals surface area contributed by atoms with Crippen LogP contribution < -0.4 is 11.1 Å². The number of hydrogen-bond acceptors (Lipinski definition) is 2. The number of unbranched alkanes of at least 4 members (excludes halogenated alkanes) is 6. The third-order valence-electron chi connectivity index (χ3n) is 2.36. The summed E-state index contributed by atoms with van der Waals surface area (Å²) in [5, 5.41) is 10.9. The molecule has 0 bridgehead atoms. The number of rotatable bonds is 10. The molecule has 0 fully saturated rings. The fourth-order valence-electron chi connectivity index (χ4n) is 1.49. The lowest BCUT2D eigenvalue weighted by molar-refractivity contribution is -0.131. The molecule has 0 spiro atoms. The van der Waals surface area contributed by atoms with Crippen LogP contribution in [0.1, 0.15) is 44.9 Å². The lowest BCUT2D eigenvalue weighted by atomic mass is 10.1. The molecule has 0 heterocycles. The molecule has 0 aromatic rings. The quantitative estimate of drug-likeness (QED) is 0.404. The Balaban J connectivity index is 3.08. The SMILES string of the molecule is NC(=O)NCCCCCCCCC=CC(=O)O. The van der Waals surface area contributed by atoms with Crippen LogP contribution in [-0.4, -0.2) is 23.7 Å². The van der Waals surface area contributed by atoms with Crippen molar-refractivity contribution in [1.29, 1.82) is 0 Å². The lowest BCUT2D eigenvalue weighted by Crippen LogP contribution is -2.29. The molecule has 0 aliphatic rings. The highest BCUT2D eigenvalue weighted by Gasteiger charge is 1.93. The molecule has 17 heavy (non-hydrogen) atoms. The fourth-order valence-corrected chi connectivity index (χ4v) is 1.49. The van der Waals surface area contributed by atoms with Gasteiger partial charge >= 0.3 is 12.0 Å². The number of carboxylic acid groups (broad SMARTS) is 1. The fraction of sp³-hybridized carbons (Fsp3) is 0.667. The van der Waals surface area contributed by atoms with E-state index in [1.807, 2.05) is 0 Å². The first-order valence-electron chi connectivity index (χ1n) is 6.05. The minimum atomic E-state index is -0.882. The summed E-state index contributed by atoms with van der Waals surface area (Å²) in [5.74, 6) is -0.882. The van der Waals surface area contributed by atoms with E-state index in [4.69, 9.17) is 10.8 Å². The molecule has 0 saturated carbocycles. The predicted octanol–water partition coefficient (Wildman–Crippen LogP) is 2.03. The second kappa shape index (κ2) is 11.0. The summed E-state index contributed by atoms with van der Waals surface area (Å²) >= 11 is 0. The summed E-state index contributed by atoms with van der Waals surface area (Å²) in [5.41, 5.74) is 4.92. The van der Waals surface area contributed by atoms with E-state index < -0.39 is 12.0 Å². The van der Waals surface area contributed by atoms with Crippen LogP contribution in [0.5, 0.6) is 0 Å². The van der Waals surface area contributed by atoms with E-state index in [-0.39, 0.29) is 0 Å². The lowest BCUT2D eigenvalue weighted by Gasteiger charge is -2.01. The predicted molar refractivity (Wildman–Crippen MR) is 66.7 cm³/mol. The second-order valence-corrected chi connectivity index (χ2v) is 3.94. The van der Waals surface area contributed by atoms with Crippen molar-refractivity contribution in [3.63, 3.8) is 0 Å². The highest BCUT2D eigenvalue weighted by molar-refractivity contribution is 5.79. The molecule has 0 radical (unpaired) electrons. The van der Waals surface area contributed by atoms with Gasteiger partial charge in [0.05, 0.1) is 0 Å². The normalized spacial score (nSPS) is 10.6. The number of hydrogen-bond donors (Lipinski definition) is 3. The minimum Gasteiger partial charge on any atom is -0.478 e. The zero-order valence-electron chi connectivity index (χ0n) is 10.2. The van der Waals surface area contributed by atoms with Crippen molar-refractivity contribution in [1.82, 2.24) is 5.32 Å². The Morgan fingerprint density at radius 3 is 2.24 bits per heavy atom. The molecular formula is C12H22N2O3. The largest absolute Gasteiger partial charge is 0.478 e. The average Bonchev–Trinajstić information content (AvgIpc) is 2.25. The number of amides is 2. The van der Waals surface area contributed by atoms with E-state index in [2.05, 4.69) is 5.32 Å². The van der Waals surface area contributed by atoms with Crippen molar-refractivity contribution in [2.45, 2.75) is 44.9 Å². The van der Waals surface area contributed by atoms with Crippen LogP contribution in [0.15, 0.2) is 12.2 Å². The Morgan fingerprint density at radius 2 is 1.65 bits per heavy atom. The van der Waals surface area contributed by atoms with Gasteiger partial charge in [-0.2, -0.15) is 0 Å². The smallest absolute Gasteiger partial charge is 0.327 e. The standard InChI is InChI=1S/C12H22N2O3/c13-12(17)14-10-8-6-4-2-1-3-5-7-9-11(15)16/h7,9H,1-6,8,10H2,(H,15,16)(H3,13,14,17). The van der Waals surface area contributed by atoms with Crippen LogP contribution >= 0.6 is 0 Å². The van der Waals surface area contributed by atoms with E-state index in [1.54, 1.807) is 6.08 Å². The Bertz CT molecular complexity index is 252. The molecule has 5 heteroatoms. The first-order chi connectivity index (χ1) is 8.13. The van der Waals surface area contributed by atoms with E-state index in [0.29, 0.717) is 6.54 Å². The monoisotopic (exact) mass is 242 g/mol. The van der Waals surface area contributed by atoms with Crippen molar-refractivity contribution in [3.05, 3.63) is 12.2 Å². The van der Waals surface area contributed by atoms with Crippen LogP contribution in [-0.2, 0) is 4.79 Å². The molecule has 0 saturated heterocycles. The van der Waals surface area contributed by atoms with Gasteiger partial charge in [-0.05, 0) is 19.3 Å². The van der Waals surface area contributed by atoms with Crippen LogP contribution in [0.2, 0.25) is 0 Å². The number of carbonyl (C=O) groups excluding carboxylic acids is 1. The van der Waals surface area contributed by atoms with Gasteiger partial charge in [0.25, 0.3) is 0 Å². The summed E-state index contributed by atoms with van der Waals surface area (Å²) < 4.78 is 0. The van der Waals surface area contributed by atoms with Crippen molar-refractivity contribution < 1.29 is 14.7 Å². The number of urea groups is 1. The topological polar surface area (TPSA) is 92.4 Å². The van der Waals surface area contributed by atoms with E-state index in [9.17, 15) is 9.59 Å². The van der Waals surface area contributed by atoms with E-state index in [1.165, 1.54) is 6.08 Å². The third kappa shape index (κ3) is 14.5. The van der Waals surface area contributed by atoms with Crippen molar-refractivity contribution in [2.24, 2.45) is 5.73 Å². The van der Waals surface area contributed by atoms with Crippen LogP contribution in [0.4, 0.5) is 4.79 Å². The molecule has 0 aromatic carbocycles. The van der Waals surface area contributed by atoms with Gasteiger partial charge in [-0.25, -0.2) is 9.59 Å². The average molecular weight is 242 g/mol. The first-order valence-corrected chi connectivity index (χ1v) is 6.05. The third-order valence-corrected chi connectivity index (χ3v) is 2.36. The summed E-state index contributed by atoms with van der Waals surface area (Å²) in [7, 11) is 0. The maximum absolute atomic E-state index is 10.3. The molecule has 0 aromatic heterocycles. The molecule has 0 unspecified atom stereocenters. The van der Waals surface area contributed by atoms with Crippen LogP contribution in [0, 0.1) is 0 Å². The summed E-state index contributed by atoms with van der Waals surface area (Å²) in [6.45, 7) is 0.649. The minimum absolute atomic E-state index is 0.463. The first kappa shape index (κ1) is 15.5. The number of primary amides is 1. The molecule has 4 N–H and O–H groups in total. The zero-order chi connectivity index (χ0) is 12.9. The Hall–Kier alpha value is -1.52. The number of nitrogens with two attached hydrogens (primary N) is 1. The van der Waals surface area contributed by atoms with Crippen molar-refractivity contribution in [3.8, 4) is 0 Å². The van der Waals surface area contributed by atoms with Crippen LogP contribution in [0.3, 0.4) is 0 Å². The van der Waals surface area contributed by atoms with Crippen molar-refractivity contribution >= 4 is 12.0 Å². The Labute approximate surface area is 102 Å². The Morgan fingerprint density at radius 1 is 1.06 bits per heavy atom. The Kier molecular flexibility index (Phi) is 10.00. The van der Waals surface area contributed by atoms with Crippen molar-refractivity contribution in [2.75, 3.05) is 6.54 Å². The molecule has 0 rings (SSSR count). The van der Waals surface area contributed by atoms with Gasteiger partial charge in [-0.3, -0.25) is 0 Å². The number of aliphatic carboxylic acids is 1. The molecule has 0 aliphatic heterocycles. The van der Waals surface area contributed by atoms with Crippen LogP contribution in [0.25, 0.3) is 0 Å². The molecule has 0 aliphatic carbocycles. The number of allylic oxidation sites excluding steroid dienone is 1. The van der Waals surface area contributed by atoms with Gasteiger partial charge in [-0.15, -0.1) is 0 Å². The molecule has 2 amide bonds. The van der Waals surface area contributed by atoms with E-state index in [0.717, 1.165) is 44.9 Å². The van der Waals surface area contributed by atoms with Gasteiger partial charge in [-0.1, -0.05) is 31.8 Å². The molecule has 98 valence electrons. The summed E-state index contributed by atoms with van der Waals surface area (Å²) in [6.07, 6.45) is 10.2. The number of carbonyl (C=O) groups is 2. The highest BCUT2D eigenvalue weighted by atomic mass is 16.4. The molecular weight excluding hydrogens is 220 g/mol. The molecule has 0 atom stereocenters. The summed E-state index contributed by atoms with van der Waals surface area (Å²) in [4.78, 5) is 20.5. The second-order valence-electron chi connectivity index (χ2n) is 3.94. The maximum atomic E-state index is 10.3. The van der Waals surface area contributed by atoms with Gasteiger partial charge in [0, 0.05) is 12.6 Å². The van der Waals surface area contributed by atoms with E-state index >= 15 is 0 Å². The molecule has 5 nitrogen and oxygen atoms in total. The van der Waals surface area contributed by atoms with Gasteiger partial charge in [0.1, 0.15) is 0 Å². The van der Waals surface area contributed by atoms with Gasteiger partial charge in [0.15, 0.2) is 0 Å². The van der Waals surface area contributed by atoms with Gasteiger partial charge in [0.2, 0.25) is 0 Å². The van der Waals surface area contributed by atoms with Gasteiger partial charge < -0.3 is 16.2 Å². The number of nitrogens with one attached hydrogen (secondary N) is 1. The highest BCUT2D eigenvalue weighted by Crippen LogP contribution is 2.07. The number of carboxylic acids is 1.